The van der Waals surface area contributed by atoms with Crippen molar-refractivity contribution in [2.45, 2.75) is 19.4 Å². The topological polar surface area (TPSA) is 75.7 Å². The zero-order valence-corrected chi connectivity index (χ0v) is 13.4. The van der Waals surface area contributed by atoms with E-state index in [-0.39, 0.29) is 5.91 Å². The normalized spacial score (nSPS) is 12.7. The third-order valence-corrected chi connectivity index (χ3v) is 4.17. The first-order chi connectivity index (χ1) is 9.88. The van der Waals surface area contributed by atoms with E-state index in [4.69, 9.17) is 4.74 Å². The van der Waals surface area contributed by atoms with Gasteiger partial charge in [0.05, 0.1) is 11.9 Å². The Hall–Kier alpha value is -1.60. The van der Waals surface area contributed by atoms with Gasteiger partial charge in [0.2, 0.25) is 15.9 Å². The predicted molar refractivity (Wildman–Crippen MR) is 82.7 cm³/mol. The van der Waals surface area contributed by atoms with Gasteiger partial charge >= 0.3 is 0 Å². The Morgan fingerprint density at radius 2 is 1.95 bits per heavy atom. The maximum absolute atomic E-state index is 12.1. The zero-order chi connectivity index (χ0) is 15.9. The number of para-hydroxylation sites is 1. The van der Waals surface area contributed by atoms with Gasteiger partial charge in [-0.1, -0.05) is 18.2 Å². The molecule has 1 atom stereocenters. The van der Waals surface area contributed by atoms with Gasteiger partial charge in [0.15, 0.2) is 0 Å². The van der Waals surface area contributed by atoms with Gasteiger partial charge in [0.25, 0.3) is 0 Å². The van der Waals surface area contributed by atoms with Crippen LogP contribution in [0.15, 0.2) is 30.3 Å². The van der Waals surface area contributed by atoms with Gasteiger partial charge in [-0.25, -0.2) is 8.42 Å². The van der Waals surface area contributed by atoms with Crippen LogP contribution >= 0.6 is 0 Å². The maximum Gasteiger partial charge on any atom is 0.243 e. The number of hydrogen-bond acceptors (Lipinski definition) is 4. The average Bonchev–Trinajstić information content (AvgIpc) is 2.43. The van der Waals surface area contributed by atoms with Crippen molar-refractivity contribution in [1.82, 2.24) is 5.32 Å². The minimum atomic E-state index is -3.55. The molecular formula is C14H22N2O4S. The largest absolute Gasteiger partial charge is 0.385 e. The molecule has 0 aromatic heterocycles. The van der Waals surface area contributed by atoms with E-state index in [2.05, 4.69) is 5.32 Å². The van der Waals surface area contributed by atoms with Crippen LogP contribution in [0, 0.1) is 0 Å². The van der Waals surface area contributed by atoms with Crippen LogP contribution in [0.2, 0.25) is 0 Å². The van der Waals surface area contributed by atoms with E-state index in [0.29, 0.717) is 25.3 Å². The van der Waals surface area contributed by atoms with E-state index in [9.17, 15) is 13.2 Å². The summed E-state index contributed by atoms with van der Waals surface area (Å²) >= 11 is 0. The molecule has 0 bridgehead atoms. The molecule has 21 heavy (non-hydrogen) atoms. The van der Waals surface area contributed by atoms with Gasteiger partial charge in [-0.05, 0) is 25.5 Å². The summed E-state index contributed by atoms with van der Waals surface area (Å²) in [5.74, 6) is -0.333. The lowest BCUT2D eigenvalue weighted by molar-refractivity contribution is -0.121. The first-order valence-electron chi connectivity index (χ1n) is 6.69. The number of carbonyl (C=O) groups is 1. The molecule has 7 heteroatoms. The Balaban J connectivity index is 2.83. The summed E-state index contributed by atoms with van der Waals surface area (Å²) in [6, 6.07) is 7.77. The smallest absolute Gasteiger partial charge is 0.243 e. The van der Waals surface area contributed by atoms with Gasteiger partial charge in [-0.15, -0.1) is 0 Å². The monoisotopic (exact) mass is 314 g/mol. The summed E-state index contributed by atoms with van der Waals surface area (Å²) in [4.78, 5) is 12.1. The standard InChI is InChI=1S/C14H22N2O4S/c1-12(14(17)15-10-7-11-20-2)16(21(3,18)19)13-8-5-4-6-9-13/h4-6,8-9,12H,7,10-11H2,1-3H3,(H,15,17)/t12-/m1/s1. The minimum Gasteiger partial charge on any atom is -0.385 e. The lowest BCUT2D eigenvalue weighted by atomic mass is 10.2. The Morgan fingerprint density at radius 3 is 2.48 bits per heavy atom. The van der Waals surface area contributed by atoms with Crippen molar-refractivity contribution in [2.24, 2.45) is 0 Å². The highest BCUT2D eigenvalue weighted by Crippen LogP contribution is 2.20. The molecular weight excluding hydrogens is 292 g/mol. The number of rotatable bonds is 8. The summed E-state index contributed by atoms with van der Waals surface area (Å²) in [5.41, 5.74) is 0.472. The predicted octanol–water partition coefficient (Wildman–Crippen LogP) is 0.994. The van der Waals surface area contributed by atoms with Gasteiger partial charge in [0.1, 0.15) is 6.04 Å². The van der Waals surface area contributed by atoms with Crippen LogP contribution in [0.25, 0.3) is 0 Å². The molecule has 1 N–H and O–H groups in total. The Morgan fingerprint density at radius 1 is 1.33 bits per heavy atom. The van der Waals surface area contributed by atoms with E-state index in [0.717, 1.165) is 10.6 Å². The Bertz CT molecular complexity index is 545. The van der Waals surface area contributed by atoms with E-state index < -0.39 is 16.1 Å². The summed E-state index contributed by atoms with van der Waals surface area (Å²) in [6.45, 7) is 2.56. The Kier molecular flexibility index (Phi) is 6.64. The molecule has 0 spiro atoms. The highest BCUT2D eigenvalue weighted by molar-refractivity contribution is 7.92. The van der Waals surface area contributed by atoms with Crippen LogP contribution < -0.4 is 9.62 Å². The molecule has 0 saturated heterocycles. The molecule has 1 rings (SSSR count). The van der Waals surface area contributed by atoms with Crippen LogP contribution in [0.4, 0.5) is 5.69 Å². The van der Waals surface area contributed by atoms with Crippen molar-refractivity contribution in [3.8, 4) is 0 Å². The van der Waals surface area contributed by atoms with E-state index >= 15 is 0 Å². The SMILES string of the molecule is COCCCNC(=O)[C@@H](C)N(c1ccccc1)S(C)(=O)=O. The number of hydrogen-bond donors (Lipinski definition) is 1. The summed E-state index contributed by atoms with van der Waals surface area (Å²) in [6.07, 6.45) is 1.77. The first-order valence-corrected chi connectivity index (χ1v) is 8.54. The summed E-state index contributed by atoms with van der Waals surface area (Å²) in [7, 11) is -1.96. The van der Waals surface area contributed by atoms with Crippen LogP contribution in [-0.2, 0) is 19.6 Å². The molecule has 118 valence electrons. The molecule has 0 saturated carbocycles. The van der Waals surface area contributed by atoms with E-state index in [1.165, 1.54) is 0 Å². The highest BCUT2D eigenvalue weighted by Gasteiger charge is 2.28. The number of nitrogens with one attached hydrogen (secondary N) is 1. The van der Waals surface area contributed by atoms with Crippen molar-refractivity contribution in [3.05, 3.63) is 30.3 Å². The van der Waals surface area contributed by atoms with Gasteiger partial charge < -0.3 is 10.1 Å². The first kappa shape index (κ1) is 17.5. The fourth-order valence-electron chi connectivity index (χ4n) is 1.96. The van der Waals surface area contributed by atoms with E-state index in [1.807, 2.05) is 0 Å². The molecule has 0 aliphatic heterocycles. The van der Waals surface area contributed by atoms with Crippen molar-refractivity contribution in [2.75, 3.05) is 30.8 Å². The molecule has 6 nitrogen and oxygen atoms in total. The van der Waals surface area contributed by atoms with E-state index in [1.54, 1.807) is 44.4 Å². The van der Waals surface area contributed by atoms with Gasteiger partial charge in [0, 0.05) is 20.3 Å². The van der Waals surface area contributed by atoms with Crippen LogP contribution in [0.3, 0.4) is 0 Å². The average molecular weight is 314 g/mol. The highest BCUT2D eigenvalue weighted by atomic mass is 32.2. The lowest BCUT2D eigenvalue weighted by Crippen LogP contribution is -2.48. The number of amides is 1. The minimum absolute atomic E-state index is 0.333. The number of nitrogens with zero attached hydrogens (tertiary/aromatic N) is 1. The number of methoxy groups -OCH3 is 1. The van der Waals surface area contributed by atoms with Crippen molar-refractivity contribution >= 4 is 21.6 Å². The van der Waals surface area contributed by atoms with Gasteiger partial charge in [-0.2, -0.15) is 0 Å². The fourth-order valence-corrected chi connectivity index (χ4v) is 3.13. The third kappa shape index (κ3) is 5.35. The Labute approximate surface area is 126 Å². The molecule has 0 fully saturated rings. The van der Waals surface area contributed by atoms with Gasteiger partial charge in [-0.3, -0.25) is 9.10 Å². The van der Waals surface area contributed by atoms with Crippen LogP contribution in [0.1, 0.15) is 13.3 Å². The zero-order valence-electron chi connectivity index (χ0n) is 12.6. The molecule has 1 amide bonds. The molecule has 1 aromatic carbocycles. The molecule has 0 aliphatic rings. The third-order valence-electron chi connectivity index (χ3n) is 2.92. The quantitative estimate of drug-likeness (QED) is 0.726. The fraction of sp³-hybridized carbons (Fsp3) is 0.500. The number of ether oxygens (including phenoxy) is 1. The molecule has 0 radical (unpaired) electrons. The number of carbonyl (C=O) groups excluding carboxylic acids is 1. The maximum atomic E-state index is 12.1. The molecule has 0 heterocycles. The number of anilines is 1. The summed E-state index contributed by atoms with van der Waals surface area (Å²) < 4.78 is 30.0. The molecule has 0 aliphatic carbocycles. The second kappa shape index (κ2) is 7.99. The lowest BCUT2D eigenvalue weighted by Gasteiger charge is -2.28. The molecule has 0 unspecified atom stereocenters. The number of benzene rings is 1. The van der Waals surface area contributed by atoms with Crippen LogP contribution in [-0.4, -0.2) is 46.9 Å². The van der Waals surface area contributed by atoms with Crippen LogP contribution in [0.5, 0.6) is 0 Å². The summed E-state index contributed by atoms with van der Waals surface area (Å²) in [5, 5.41) is 2.71. The van der Waals surface area contributed by atoms with Crippen molar-refractivity contribution in [1.29, 1.82) is 0 Å². The second-order valence-corrected chi connectivity index (χ2v) is 6.57. The van der Waals surface area contributed by atoms with Crippen molar-refractivity contribution in [3.63, 3.8) is 0 Å². The molecule has 1 aromatic rings. The van der Waals surface area contributed by atoms with Crippen molar-refractivity contribution < 1.29 is 17.9 Å². The second-order valence-electron chi connectivity index (χ2n) is 4.71. The number of sulfonamides is 1.